The smallest absolute Gasteiger partial charge is 0.338 e. The monoisotopic (exact) mass is 221 g/mol. The summed E-state index contributed by atoms with van der Waals surface area (Å²) in [5.74, 6) is 0.376. The van der Waals surface area contributed by atoms with Crippen molar-refractivity contribution >= 4 is 5.97 Å². The van der Waals surface area contributed by atoms with Gasteiger partial charge in [0.15, 0.2) is 0 Å². The Labute approximate surface area is 96.8 Å². The van der Waals surface area contributed by atoms with Crippen molar-refractivity contribution in [3.63, 3.8) is 0 Å². The van der Waals surface area contributed by atoms with Crippen molar-refractivity contribution in [2.75, 3.05) is 0 Å². The maximum absolute atomic E-state index is 11.6. The number of carbonyl (C=O) groups excluding carboxylic acids is 1. The van der Waals surface area contributed by atoms with Gasteiger partial charge in [0, 0.05) is 12.4 Å². The van der Waals surface area contributed by atoms with Crippen LogP contribution in [0.4, 0.5) is 0 Å². The molecule has 0 bridgehead atoms. The number of aromatic nitrogens is 1. The van der Waals surface area contributed by atoms with Crippen LogP contribution in [0, 0.1) is 5.92 Å². The molecule has 1 aromatic rings. The third-order valence-electron chi connectivity index (χ3n) is 2.37. The van der Waals surface area contributed by atoms with Crippen LogP contribution in [0.1, 0.15) is 44.0 Å². The van der Waals surface area contributed by atoms with E-state index in [1.54, 1.807) is 24.5 Å². The van der Waals surface area contributed by atoms with Crippen LogP contribution in [-0.4, -0.2) is 17.1 Å². The van der Waals surface area contributed by atoms with Crippen LogP contribution in [0.3, 0.4) is 0 Å². The van der Waals surface area contributed by atoms with Crippen LogP contribution in [-0.2, 0) is 4.74 Å². The summed E-state index contributed by atoms with van der Waals surface area (Å²) in [6.07, 6.45) is 5.15. The minimum absolute atomic E-state index is 0.0249. The molecule has 88 valence electrons. The number of nitrogens with zero attached hydrogens (tertiary/aromatic N) is 1. The van der Waals surface area contributed by atoms with Crippen molar-refractivity contribution in [2.24, 2.45) is 5.92 Å². The van der Waals surface area contributed by atoms with E-state index in [0.29, 0.717) is 11.5 Å². The van der Waals surface area contributed by atoms with Crippen molar-refractivity contribution in [2.45, 2.75) is 39.7 Å². The molecule has 0 aliphatic heterocycles. The Balaban J connectivity index is 2.40. The zero-order valence-corrected chi connectivity index (χ0v) is 10.1. The van der Waals surface area contributed by atoms with Crippen LogP contribution >= 0.6 is 0 Å². The molecule has 3 nitrogen and oxygen atoms in total. The molecule has 1 heterocycles. The first-order valence-electron chi connectivity index (χ1n) is 5.70. The van der Waals surface area contributed by atoms with Gasteiger partial charge in [0.05, 0.1) is 11.7 Å². The largest absolute Gasteiger partial charge is 0.459 e. The minimum Gasteiger partial charge on any atom is -0.459 e. The summed E-state index contributed by atoms with van der Waals surface area (Å²) in [6, 6.07) is 3.33. The highest BCUT2D eigenvalue weighted by molar-refractivity contribution is 5.89. The zero-order chi connectivity index (χ0) is 12.0. The first kappa shape index (κ1) is 12.7. The minimum atomic E-state index is -0.265. The molecule has 0 aliphatic rings. The lowest BCUT2D eigenvalue weighted by molar-refractivity contribution is 0.0313. The highest BCUT2D eigenvalue weighted by Gasteiger charge is 2.11. The van der Waals surface area contributed by atoms with E-state index in [1.807, 2.05) is 6.92 Å². The molecule has 0 spiro atoms. The average molecular weight is 221 g/mol. The van der Waals surface area contributed by atoms with E-state index < -0.39 is 0 Å². The third-order valence-corrected chi connectivity index (χ3v) is 2.37. The van der Waals surface area contributed by atoms with E-state index in [-0.39, 0.29) is 12.1 Å². The van der Waals surface area contributed by atoms with Gasteiger partial charge in [0.25, 0.3) is 0 Å². The van der Waals surface area contributed by atoms with E-state index in [1.165, 1.54) is 0 Å². The lowest BCUT2D eigenvalue weighted by Gasteiger charge is -2.14. The van der Waals surface area contributed by atoms with Gasteiger partial charge in [-0.2, -0.15) is 0 Å². The quantitative estimate of drug-likeness (QED) is 0.717. The van der Waals surface area contributed by atoms with Crippen LogP contribution < -0.4 is 0 Å². The van der Waals surface area contributed by atoms with Crippen molar-refractivity contribution in [3.8, 4) is 0 Å². The topological polar surface area (TPSA) is 39.2 Å². The molecule has 1 atom stereocenters. The highest BCUT2D eigenvalue weighted by Crippen LogP contribution is 2.11. The number of hydrogen-bond acceptors (Lipinski definition) is 3. The summed E-state index contributed by atoms with van der Waals surface area (Å²) < 4.78 is 5.32. The molecule has 3 heteroatoms. The predicted octanol–water partition coefficient (Wildman–Crippen LogP) is 3.06. The van der Waals surface area contributed by atoms with E-state index in [2.05, 4.69) is 18.8 Å². The summed E-state index contributed by atoms with van der Waals surface area (Å²) in [7, 11) is 0. The molecule has 0 saturated carbocycles. The summed E-state index contributed by atoms with van der Waals surface area (Å²) in [6.45, 7) is 6.26. The van der Waals surface area contributed by atoms with Gasteiger partial charge >= 0.3 is 5.97 Å². The van der Waals surface area contributed by atoms with Crippen LogP contribution in [0.2, 0.25) is 0 Å². The average Bonchev–Trinajstić information content (AvgIpc) is 2.27. The maximum atomic E-state index is 11.6. The van der Waals surface area contributed by atoms with Crippen LogP contribution in [0.25, 0.3) is 0 Å². The fourth-order valence-corrected chi connectivity index (χ4v) is 1.37. The molecule has 1 rings (SSSR count). The fourth-order valence-electron chi connectivity index (χ4n) is 1.37. The Kier molecular flexibility index (Phi) is 4.96. The lowest BCUT2D eigenvalue weighted by atomic mass is 10.1. The first-order valence-corrected chi connectivity index (χ1v) is 5.70. The Morgan fingerprint density at radius 2 is 1.88 bits per heavy atom. The number of ether oxygens (including phenoxy) is 1. The number of pyridine rings is 1. The fraction of sp³-hybridized carbons (Fsp3) is 0.538. The molecule has 1 unspecified atom stereocenters. The van der Waals surface area contributed by atoms with Gasteiger partial charge in [0.2, 0.25) is 0 Å². The van der Waals surface area contributed by atoms with Crippen molar-refractivity contribution in [1.29, 1.82) is 0 Å². The van der Waals surface area contributed by atoms with Gasteiger partial charge in [-0.1, -0.05) is 13.8 Å². The Hall–Kier alpha value is -1.38. The van der Waals surface area contributed by atoms with E-state index in [0.717, 1.165) is 12.8 Å². The molecule has 0 saturated heterocycles. The van der Waals surface area contributed by atoms with Gasteiger partial charge in [-0.25, -0.2) is 4.79 Å². The normalized spacial score (nSPS) is 12.5. The maximum Gasteiger partial charge on any atom is 0.338 e. The summed E-state index contributed by atoms with van der Waals surface area (Å²) >= 11 is 0. The highest BCUT2D eigenvalue weighted by atomic mass is 16.5. The number of rotatable bonds is 5. The molecular weight excluding hydrogens is 202 g/mol. The molecule has 0 aromatic carbocycles. The van der Waals surface area contributed by atoms with Crippen LogP contribution in [0.15, 0.2) is 24.5 Å². The number of esters is 1. The van der Waals surface area contributed by atoms with Gasteiger partial charge < -0.3 is 4.74 Å². The summed E-state index contributed by atoms with van der Waals surface area (Å²) in [5.41, 5.74) is 0.561. The van der Waals surface area contributed by atoms with Gasteiger partial charge in [-0.15, -0.1) is 0 Å². The lowest BCUT2D eigenvalue weighted by Crippen LogP contribution is -2.15. The number of hydrogen-bond donors (Lipinski definition) is 0. The van der Waals surface area contributed by atoms with Gasteiger partial charge in [-0.05, 0) is 37.8 Å². The third kappa shape index (κ3) is 4.43. The number of carbonyl (C=O) groups is 1. The molecule has 0 aliphatic carbocycles. The molecule has 0 amide bonds. The van der Waals surface area contributed by atoms with E-state index in [4.69, 9.17) is 4.74 Å². The van der Waals surface area contributed by atoms with Gasteiger partial charge in [-0.3, -0.25) is 4.98 Å². The van der Waals surface area contributed by atoms with E-state index in [9.17, 15) is 4.79 Å². The van der Waals surface area contributed by atoms with Crippen molar-refractivity contribution < 1.29 is 9.53 Å². The van der Waals surface area contributed by atoms with Crippen molar-refractivity contribution in [3.05, 3.63) is 30.1 Å². The Morgan fingerprint density at radius 3 is 2.44 bits per heavy atom. The standard InChI is InChI=1S/C13H19NO2/c1-10(2)4-5-11(3)16-13(15)12-6-8-14-9-7-12/h6-11H,4-5H2,1-3H3. The second-order valence-corrected chi connectivity index (χ2v) is 4.42. The van der Waals surface area contributed by atoms with Crippen molar-refractivity contribution in [1.82, 2.24) is 4.98 Å². The first-order chi connectivity index (χ1) is 7.59. The second kappa shape index (κ2) is 6.26. The zero-order valence-electron chi connectivity index (χ0n) is 10.1. The SMILES string of the molecule is CC(C)CCC(C)OC(=O)c1ccncc1. The molecule has 16 heavy (non-hydrogen) atoms. The molecule has 1 aromatic heterocycles. The Bertz CT molecular complexity index is 322. The summed E-state index contributed by atoms with van der Waals surface area (Å²) in [4.78, 5) is 15.5. The predicted molar refractivity (Wildman–Crippen MR) is 63.2 cm³/mol. The molecule has 0 N–H and O–H groups in total. The van der Waals surface area contributed by atoms with E-state index >= 15 is 0 Å². The summed E-state index contributed by atoms with van der Waals surface area (Å²) in [5, 5.41) is 0. The Morgan fingerprint density at radius 1 is 1.25 bits per heavy atom. The second-order valence-electron chi connectivity index (χ2n) is 4.42. The van der Waals surface area contributed by atoms with Gasteiger partial charge in [0.1, 0.15) is 0 Å². The molecule has 0 fully saturated rings. The molecule has 0 radical (unpaired) electrons. The van der Waals surface area contributed by atoms with Crippen LogP contribution in [0.5, 0.6) is 0 Å². The molecular formula is C13H19NO2.